The molecule has 0 saturated heterocycles. The Balaban J connectivity index is 2.17. The summed E-state index contributed by atoms with van der Waals surface area (Å²) in [5.74, 6) is -0.234. The van der Waals surface area contributed by atoms with Gasteiger partial charge in [-0.1, -0.05) is 6.07 Å². The minimum Gasteiger partial charge on any atom is -0.487 e. The fourth-order valence-electron chi connectivity index (χ4n) is 1.60. The van der Waals surface area contributed by atoms with Crippen molar-refractivity contribution in [3.63, 3.8) is 0 Å². The lowest BCUT2D eigenvalue weighted by Crippen LogP contribution is -2.33. The summed E-state index contributed by atoms with van der Waals surface area (Å²) in [7, 11) is 0. The molecule has 0 aromatic heterocycles. The van der Waals surface area contributed by atoms with Crippen LogP contribution in [-0.4, -0.2) is 23.7 Å². The van der Waals surface area contributed by atoms with Crippen molar-refractivity contribution in [1.82, 2.24) is 0 Å². The van der Waals surface area contributed by atoms with Crippen LogP contribution in [0.15, 0.2) is 18.2 Å². The van der Waals surface area contributed by atoms with Crippen LogP contribution in [0.4, 0.5) is 11.4 Å². The first-order valence-corrected chi connectivity index (χ1v) is 4.66. The third-order valence-electron chi connectivity index (χ3n) is 2.25. The van der Waals surface area contributed by atoms with Crippen LogP contribution in [-0.2, 0) is 4.79 Å². The van der Waals surface area contributed by atoms with Crippen molar-refractivity contribution in [3.8, 4) is 5.75 Å². The average molecular weight is 208 g/mol. The molecule has 0 aliphatic carbocycles. The van der Waals surface area contributed by atoms with E-state index in [-0.39, 0.29) is 12.5 Å². The van der Waals surface area contributed by atoms with Gasteiger partial charge in [0.1, 0.15) is 6.61 Å². The minimum atomic E-state index is -0.844. The van der Waals surface area contributed by atoms with Crippen LogP contribution in [0.2, 0.25) is 0 Å². The lowest BCUT2D eigenvalue weighted by molar-refractivity contribution is -0.137. The van der Waals surface area contributed by atoms with E-state index in [1.54, 1.807) is 12.1 Å². The van der Waals surface area contributed by atoms with Gasteiger partial charge in [0.25, 0.3) is 0 Å². The number of nitrogens with one attached hydrogen (secondary N) is 1. The Morgan fingerprint density at radius 1 is 1.67 bits per heavy atom. The fourth-order valence-corrected chi connectivity index (χ4v) is 1.60. The molecular formula is C10H12N2O3. The molecule has 5 nitrogen and oxygen atoms in total. The molecule has 1 aliphatic heterocycles. The van der Waals surface area contributed by atoms with Gasteiger partial charge < -0.3 is 20.9 Å². The quantitative estimate of drug-likeness (QED) is 0.629. The lowest BCUT2D eigenvalue weighted by atomic mass is 10.1. The number of fused-ring (bicyclic) bond motifs is 1. The van der Waals surface area contributed by atoms with Crippen molar-refractivity contribution >= 4 is 17.3 Å². The van der Waals surface area contributed by atoms with Crippen molar-refractivity contribution in [1.29, 1.82) is 0 Å². The number of anilines is 2. The molecule has 80 valence electrons. The summed E-state index contributed by atoms with van der Waals surface area (Å²) in [5.41, 5.74) is 7.03. The van der Waals surface area contributed by atoms with Crippen molar-refractivity contribution in [2.24, 2.45) is 0 Å². The van der Waals surface area contributed by atoms with Crippen LogP contribution in [0.5, 0.6) is 5.75 Å². The summed E-state index contributed by atoms with van der Waals surface area (Å²) in [6.07, 6.45) is 0.0360. The minimum absolute atomic E-state index is 0.0360. The highest BCUT2D eigenvalue weighted by atomic mass is 16.5. The van der Waals surface area contributed by atoms with Gasteiger partial charge in [-0.25, -0.2) is 0 Å². The summed E-state index contributed by atoms with van der Waals surface area (Å²) in [6.45, 7) is 0.327. The van der Waals surface area contributed by atoms with Gasteiger partial charge in [-0.05, 0) is 12.1 Å². The Labute approximate surface area is 86.8 Å². The van der Waals surface area contributed by atoms with Crippen LogP contribution in [0.25, 0.3) is 0 Å². The van der Waals surface area contributed by atoms with Crippen molar-refractivity contribution < 1.29 is 14.6 Å². The largest absolute Gasteiger partial charge is 0.487 e. The van der Waals surface area contributed by atoms with E-state index in [9.17, 15) is 4.79 Å². The molecule has 4 N–H and O–H groups in total. The van der Waals surface area contributed by atoms with Gasteiger partial charge in [0.05, 0.1) is 23.8 Å². The maximum absolute atomic E-state index is 10.5. The van der Waals surface area contributed by atoms with Gasteiger partial charge in [0.15, 0.2) is 5.75 Å². The highest BCUT2D eigenvalue weighted by Crippen LogP contribution is 2.34. The summed E-state index contributed by atoms with van der Waals surface area (Å²) in [5, 5.41) is 11.7. The zero-order valence-corrected chi connectivity index (χ0v) is 8.06. The molecule has 2 rings (SSSR count). The molecule has 1 aromatic carbocycles. The highest BCUT2D eigenvalue weighted by molar-refractivity contribution is 5.73. The molecular weight excluding hydrogens is 196 g/mol. The van der Waals surface area contributed by atoms with E-state index in [2.05, 4.69) is 5.32 Å². The third kappa shape index (κ3) is 1.96. The number of benzene rings is 1. The normalized spacial score (nSPS) is 18.5. The molecule has 1 heterocycles. The number of carbonyl (C=O) groups is 1. The van der Waals surface area contributed by atoms with E-state index in [0.717, 1.165) is 5.69 Å². The van der Waals surface area contributed by atoms with E-state index >= 15 is 0 Å². The second-order valence-electron chi connectivity index (χ2n) is 3.47. The third-order valence-corrected chi connectivity index (χ3v) is 2.25. The van der Waals surface area contributed by atoms with E-state index in [0.29, 0.717) is 18.0 Å². The Hall–Kier alpha value is -1.91. The van der Waals surface area contributed by atoms with E-state index in [1.165, 1.54) is 0 Å². The maximum atomic E-state index is 10.5. The molecule has 0 spiro atoms. The zero-order chi connectivity index (χ0) is 10.8. The van der Waals surface area contributed by atoms with Crippen LogP contribution in [0.1, 0.15) is 6.42 Å². The number of ether oxygens (including phenoxy) is 1. The molecule has 1 atom stereocenters. The molecule has 1 aromatic rings. The number of nitrogens with two attached hydrogens (primary N) is 1. The zero-order valence-electron chi connectivity index (χ0n) is 8.06. The van der Waals surface area contributed by atoms with E-state index in [1.807, 2.05) is 6.07 Å². The SMILES string of the molecule is Nc1cccc2c1OCC(CC(=O)O)N2. The predicted molar refractivity (Wildman–Crippen MR) is 56.0 cm³/mol. The predicted octanol–water partition coefficient (Wildman–Crippen LogP) is 0.916. The van der Waals surface area contributed by atoms with Gasteiger partial charge in [-0.15, -0.1) is 0 Å². The van der Waals surface area contributed by atoms with Gasteiger partial charge in [0, 0.05) is 0 Å². The Morgan fingerprint density at radius 2 is 2.47 bits per heavy atom. The van der Waals surface area contributed by atoms with Crippen molar-refractivity contribution in [2.75, 3.05) is 17.7 Å². The number of carboxylic acid groups (broad SMARTS) is 1. The van der Waals surface area contributed by atoms with Crippen LogP contribution in [0, 0.1) is 0 Å². The first kappa shape index (κ1) is 9.64. The van der Waals surface area contributed by atoms with Gasteiger partial charge >= 0.3 is 5.97 Å². The van der Waals surface area contributed by atoms with Gasteiger partial charge in [-0.3, -0.25) is 4.79 Å². The second kappa shape index (κ2) is 3.68. The lowest BCUT2D eigenvalue weighted by Gasteiger charge is -2.27. The number of para-hydroxylation sites is 1. The number of nitrogen functional groups attached to an aromatic ring is 1. The number of rotatable bonds is 2. The van der Waals surface area contributed by atoms with Crippen molar-refractivity contribution in [3.05, 3.63) is 18.2 Å². The highest BCUT2D eigenvalue weighted by Gasteiger charge is 2.22. The fraction of sp³-hybridized carbons (Fsp3) is 0.300. The standard InChI is InChI=1S/C10H12N2O3/c11-7-2-1-3-8-10(7)15-5-6(12-8)4-9(13)14/h1-3,6,12H,4-5,11H2,(H,13,14). The Morgan fingerprint density at radius 3 is 3.20 bits per heavy atom. The monoisotopic (exact) mass is 208 g/mol. The smallest absolute Gasteiger partial charge is 0.305 e. The number of aliphatic carboxylic acids is 1. The van der Waals surface area contributed by atoms with E-state index in [4.69, 9.17) is 15.6 Å². The van der Waals surface area contributed by atoms with Crippen LogP contribution >= 0.6 is 0 Å². The molecule has 1 aliphatic rings. The van der Waals surface area contributed by atoms with Crippen LogP contribution in [0.3, 0.4) is 0 Å². The molecule has 15 heavy (non-hydrogen) atoms. The summed E-state index contributed by atoms with van der Waals surface area (Å²) >= 11 is 0. The average Bonchev–Trinajstić information content (AvgIpc) is 2.17. The molecule has 5 heteroatoms. The summed E-state index contributed by atoms with van der Waals surface area (Å²) < 4.78 is 5.42. The molecule has 0 radical (unpaired) electrons. The Bertz CT molecular complexity index is 392. The van der Waals surface area contributed by atoms with Crippen LogP contribution < -0.4 is 15.8 Å². The number of hydrogen-bond donors (Lipinski definition) is 3. The van der Waals surface area contributed by atoms with Gasteiger partial charge in [0.2, 0.25) is 0 Å². The first-order valence-electron chi connectivity index (χ1n) is 4.66. The molecule has 0 fully saturated rings. The van der Waals surface area contributed by atoms with E-state index < -0.39 is 5.97 Å². The molecule has 1 unspecified atom stereocenters. The summed E-state index contributed by atoms with van der Waals surface area (Å²) in [6, 6.07) is 5.17. The van der Waals surface area contributed by atoms with Crippen molar-refractivity contribution in [2.45, 2.75) is 12.5 Å². The topological polar surface area (TPSA) is 84.6 Å². The van der Waals surface area contributed by atoms with Gasteiger partial charge in [-0.2, -0.15) is 0 Å². The number of carboxylic acids is 1. The second-order valence-corrected chi connectivity index (χ2v) is 3.47. The summed E-state index contributed by atoms with van der Waals surface area (Å²) in [4.78, 5) is 10.5. The molecule has 0 bridgehead atoms. The molecule has 0 saturated carbocycles. The first-order chi connectivity index (χ1) is 7.16. The maximum Gasteiger partial charge on any atom is 0.305 e. The molecule has 0 amide bonds. The number of hydrogen-bond acceptors (Lipinski definition) is 4. The Kier molecular flexibility index (Phi) is 2.37.